The number of benzene rings is 1. The van der Waals surface area contributed by atoms with E-state index in [0.29, 0.717) is 11.6 Å². The molecule has 4 nitrogen and oxygen atoms in total. The van der Waals surface area contributed by atoms with Gasteiger partial charge in [-0.25, -0.2) is 0 Å². The molecule has 21 heavy (non-hydrogen) atoms. The second-order valence-corrected chi connectivity index (χ2v) is 6.12. The minimum Gasteiger partial charge on any atom is -0.325 e. The van der Waals surface area contributed by atoms with Crippen LogP contribution in [0.25, 0.3) is 0 Å². The van der Waals surface area contributed by atoms with Crippen molar-refractivity contribution in [3.8, 4) is 0 Å². The van der Waals surface area contributed by atoms with Crippen LogP contribution in [0.5, 0.6) is 0 Å². The normalized spacial score (nSPS) is 15.4. The van der Waals surface area contributed by atoms with Crippen LogP contribution in [0.4, 0.5) is 18.9 Å². The van der Waals surface area contributed by atoms with Crippen LogP contribution < -0.4 is 5.32 Å². The molecule has 1 aliphatic heterocycles. The quantitative estimate of drug-likeness (QED) is 0.874. The van der Waals surface area contributed by atoms with Crippen LogP contribution in [0.3, 0.4) is 0 Å². The molecular formula is C12H10BrF3N2O2S. The maximum atomic E-state index is 12.7. The monoisotopic (exact) mass is 382 g/mol. The Morgan fingerprint density at radius 2 is 2.14 bits per heavy atom. The topological polar surface area (TPSA) is 49.4 Å². The van der Waals surface area contributed by atoms with Crippen LogP contribution in [0, 0.1) is 0 Å². The maximum absolute atomic E-state index is 12.7. The van der Waals surface area contributed by atoms with E-state index in [4.69, 9.17) is 0 Å². The fourth-order valence-electron chi connectivity index (χ4n) is 1.73. The third-order valence-electron chi connectivity index (χ3n) is 2.72. The van der Waals surface area contributed by atoms with Crippen molar-refractivity contribution in [3.63, 3.8) is 0 Å². The molecule has 0 saturated carbocycles. The number of alkyl halides is 3. The number of hydrogen-bond acceptors (Lipinski definition) is 3. The molecule has 0 bridgehead atoms. The van der Waals surface area contributed by atoms with Crippen molar-refractivity contribution in [1.82, 2.24) is 4.90 Å². The zero-order chi connectivity index (χ0) is 15.6. The summed E-state index contributed by atoms with van der Waals surface area (Å²) in [7, 11) is 0. The molecular weight excluding hydrogens is 373 g/mol. The van der Waals surface area contributed by atoms with Gasteiger partial charge < -0.3 is 10.2 Å². The van der Waals surface area contributed by atoms with Crippen LogP contribution in [0.1, 0.15) is 5.56 Å². The third-order valence-corrected chi connectivity index (χ3v) is 4.35. The van der Waals surface area contributed by atoms with Crippen LogP contribution in [-0.2, 0) is 15.8 Å². The van der Waals surface area contributed by atoms with Gasteiger partial charge in [-0.2, -0.15) is 13.2 Å². The summed E-state index contributed by atoms with van der Waals surface area (Å²) in [6, 6.07) is 3.43. The molecule has 1 fully saturated rings. The number of halogens is 4. The molecule has 0 radical (unpaired) electrons. The van der Waals surface area contributed by atoms with Gasteiger partial charge in [0.15, 0.2) is 0 Å². The summed E-state index contributed by atoms with van der Waals surface area (Å²) in [6.07, 6.45) is -4.51. The van der Waals surface area contributed by atoms with Crippen molar-refractivity contribution in [2.24, 2.45) is 0 Å². The highest BCUT2D eigenvalue weighted by Gasteiger charge is 2.33. The Kier molecular flexibility index (Phi) is 4.82. The SMILES string of the molecule is O=C(CN1CSCC1=O)Nc1ccc(Br)c(C(F)(F)F)c1. The lowest BCUT2D eigenvalue weighted by Gasteiger charge is -2.15. The van der Waals surface area contributed by atoms with Crippen molar-refractivity contribution < 1.29 is 22.8 Å². The molecule has 2 rings (SSSR count). The molecule has 1 aromatic carbocycles. The van der Waals surface area contributed by atoms with Gasteiger partial charge >= 0.3 is 6.18 Å². The average Bonchev–Trinajstić information content (AvgIpc) is 2.76. The van der Waals surface area contributed by atoms with Crippen LogP contribution >= 0.6 is 27.7 Å². The summed E-state index contributed by atoms with van der Waals surface area (Å²) < 4.78 is 38.1. The van der Waals surface area contributed by atoms with E-state index in [-0.39, 0.29) is 22.6 Å². The summed E-state index contributed by atoms with van der Waals surface area (Å²) in [5.74, 6) is 0.0627. The molecule has 0 unspecified atom stereocenters. The fourth-order valence-corrected chi connectivity index (χ4v) is 3.11. The number of amides is 2. The predicted octanol–water partition coefficient (Wildman–Crippen LogP) is 2.94. The minimum absolute atomic E-state index is 0.0369. The molecule has 9 heteroatoms. The summed E-state index contributed by atoms with van der Waals surface area (Å²) in [6.45, 7) is -0.163. The molecule has 1 heterocycles. The zero-order valence-electron chi connectivity index (χ0n) is 10.5. The van der Waals surface area contributed by atoms with E-state index in [1.807, 2.05) is 0 Å². The smallest absolute Gasteiger partial charge is 0.325 e. The second-order valence-electron chi connectivity index (χ2n) is 4.31. The first-order chi connectivity index (χ1) is 9.77. The minimum atomic E-state index is -4.51. The molecule has 0 aliphatic carbocycles. The van der Waals surface area contributed by atoms with E-state index in [1.54, 1.807) is 0 Å². The summed E-state index contributed by atoms with van der Waals surface area (Å²) in [5.41, 5.74) is -0.831. The third kappa shape index (κ3) is 4.13. The van der Waals surface area contributed by atoms with Crippen molar-refractivity contribution in [2.45, 2.75) is 6.18 Å². The lowest BCUT2D eigenvalue weighted by atomic mass is 10.2. The number of hydrogen-bond donors (Lipinski definition) is 1. The molecule has 114 valence electrons. The second kappa shape index (κ2) is 6.27. The van der Waals surface area contributed by atoms with Gasteiger partial charge in [0.25, 0.3) is 0 Å². The molecule has 1 aliphatic rings. The Labute approximate surface area is 131 Å². The van der Waals surface area contributed by atoms with Gasteiger partial charge in [0.2, 0.25) is 11.8 Å². The Balaban J connectivity index is 2.06. The van der Waals surface area contributed by atoms with Crippen molar-refractivity contribution in [1.29, 1.82) is 0 Å². The lowest BCUT2D eigenvalue weighted by Crippen LogP contribution is -2.34. The number of nitrogens with zero attached hydrogens (tertiary/aromatic N) is 1. The fraction of sp³-hybridized carbons (Fsp3) is 0.333. The highest BCUT2D eigenvalue weighted by Crippen LogP contribution is 2.36. The highest BCUT2D eigenvalue weighted by atomic mass is 79.9. The highest BCUT2D eigenvalue weighted by molar-refractivity contribution is 9.10. The predicted molar refractivity (Wildman–Crippen MR) is 76.8 cm³/mol. The number of carbonyl (C=O) groups excluding carboxylic acids is 2. The van der Waals surface area contributed by atoms with Crippen molar-refractivity contribution in [2.75, 3.05) is 23.5 Å². The number of anilines is 1. The number of rotatable bonds is 3. The Morgan fingerprint density at radius 1 is 1.43 bits per heavy atom. The number of carbonyl (C=O) groups is 2. The molecule has 2 amide bonds. The van der Waals surface area contributed by atoms with Gasteiger partial charge in [-0.15, -0.1) is 11.8 Å². The van der Waals surface area contributed by atoms with Crippen LogP contribution in [0.2, 0.25) is 0 Å². The van der Waals surface area contributed by atoms with Gasteiger partial charge in [-0.3, -0.25) is 9.59 Å². The Hall–Kier alpha value is -1.22. The van der Waals surface area contributed by atoms with E-state index in [0.717, 1.165) is 6.07 Å². The molecule has 0 spiro atoms. The largest absolute Gasteiger partial charge is 0.417 e. The standard InChI is InChI=1S/C12H10BrF3N2O2S/c13-9-2-1-7(3-8(9)12(14,15)16)17-10(19)4-18-6-21-5-11(18)20/h1-3H,4-6H2,(H,17,19). The van der Waals surface area contributed by atoms with Gasteiger partial charge in [0.1, 0.15) is 6.54 Å². The first kappa shape index (κ1) is 16.2. The van der Waals surface area contributed by atoms with Crippen LogP contribution in [-0.4, -0.2) is 34.9 Å². The Morgan fingerprint density at radius 3 is 2.71 bits per heavy atom. The first-order valence-corrected chi connectivity index (χ1v) is 7.74. The van der Waals surface area contributed by atoms with E-state index in [2.05, 4.69) is 21.2 Å². The maximum Gasteiger partial charge on any atom is 0.417 e. The Bertz CT molecular complexity index is 580. The average molecular weight is 383 g/mol. The summed E-state index contributed by atoms with van der Waals surface area (Å²) >= 11 is 4.21. The van der Waals surface area contributed by atoms with E-state index >= 15 is 0 Å². The summed E-state index contributed by atoms with van der Waals surface area (Å²) in [4.78, 5) is 24.5. The molecule has 0 aromatic heterocycles. The molecule has 0 atom stereocenters. The van der Waals surface area contributed by atoms with E-state index in [1.165, 1.54) is 28.8 Å². The van der Waals surface area contributed by atoms with Crippen molar-refractivity contribution in [3.05, 3.63) is 28.2 Å². The van der Waals surface area contributed by atoms with Gasteiger partial charge in [0, 0.05) is 10.2 Å². The molecule has 1 N–H and O–H groups in total. The number of nitrogens with one attached hydrogen (secondary N) is 1. The van der Waals surface area contributed by atoms with Gasteiger partial charge in [0.05, 0.1) is 17.2 Å². The lowest BCUT2D eigenvalue weighted by molar-refractivity contribution is -0.138. The van der Waals surface area contributed by atoms with Gasteiger partial charge in [-0.1, -0.05) is 15.9 Å². The first-order valence-electron chi connectivity index (χ1n) is 5.79. The molecule has 1 aromatic rings. The zero-order valence-corrected chi connectivity index (χ0v) is 12.9. The van der Waals surface area contributed by atoms with E-state index in [9.17, 15) is 22.8 Å². The molecule has 1 saturated heterocycles. The van der Waals surface area contributed by atoms with Crippen molar-refractivity contribution >= 4 is 45.2 Å². The van der Waals surface area contributed by atoms with E-state index < -0.39 is 17.6 Å². The summed E-state index contributed by atoms with van der Waals surface area (Å²) in [5, 5.41) is 2.37. The van der Waals surface area contributed by atoms with Gasteiger partial charge in [-0.05, 0) is 18.2 Å². The number of thioether (sulfide) groups is 1. The van der Waals surface area contributed by atoms with Crippen LogP contribution in [0.15, 0.2) is 22.7 Å².